The molecule has 0 saturated heterocycles. The Morgan fingerprint density at radius 3 is 2.66 bits per heavy atom. The van der Waals surface area contributed by atoms with Gasteiger partial charge >= 0.3 is 6.18 Å². The number of fused-ring (bicyclic) bond motifs is 2. The minimum absolute atomic E-state index is 0.0379. The third-order valence-electron chi connectivity index (χ3n) is 5.46. The number of alkyl halides is 3. The summed E-state index contributed by atoms with van der Waals surface area (Å²) in [6.07, 6.45) is -1.26. The number of pyridine rings is 1. The number of imidazole rings is 1. The van der Waals surface area contributed by atoms with Crippen molar-refractivity contribution in [3.8, 4) is 5.69 Å². The molecule has 11 heteroatoms. The van der Waals surface area contributed by atoms with Crippen LogP contribution in [0.5, 0.6) is 0 Å². The molecule has 1 aromatic carbocycles. The van der Waals surface area contributed by atoms with Crippen LogP contribution in [-0.4, -0.2) is 36.6 Å². The van der Waals surface area contributed by atoms with E-state index in [0.29, 0.717) is 5.69 Å². The van der Waals surface area contributed by atoms with Crippen LogP contribution in [0.25, 0.3) is 16.7 Å². The van der Waals surface area contributed by atoms with E-state index in [-0.39, 0.29) is 47.6 Å². The fourth-order valence-corrected chi connectivity index (χ4v) is 3.82. The quantitative estimate of drug-likeness (QED) is 0.486. The van der Waals surface area contributed by atoms with Gasteiger partial charge in [0.15, 0.2) is 5.58 Å². The zero-order chi connectivity index (χ0) is 22.6. The maximum Gasteiger partial charge on any atom is 0.416 e. The van der Waals surface area contributed by atoms with E-state index in [1.54, 1.807) is 29.8 Å². The second-order valence-electron chi connectivity index (χ2n) is 7.55. The number of aryl methyl sites for hydroxylation is 1. The van der Waals surface area contributed by atoms with Crippen LogP contribution in [0.2, 0.25) is 0 Å². The molecule has 1 aliphatic rings. The van der Waals surface area contributed by atoms with Crippen LogP contribution in [0, 0.1) is 6.92 Å². The number of hydrogen-bond donors (Lipinski definition) is 0. The first-order valence-electron chi connectivity index (χ1n) is 9.72. The maximum absolute atomic E-state index is 13.1. The van der Waals surface area contributed by atoms with Gasteiger partial charge in [-0.15, -0.1) is 0 Å². The normalized spacial score (nSPS) is 14.2. The van der Waals surface area contributed by atoms with Crippen LogP contribution in [0.15, 0.2) is 52.2 Å². The molecular weight excluding hydrogens is 427 g/mol. The summed E-state index contributed by atoms with van der Waals surface area (Å²) in [5.74, 6) is -0.412. The summed E-state index contributed by atoms with van der Waals surface area (Å²) < 4.78 is 47.4. The lowest BCUT2D eigenvalue weighted by Crippen LogP contribution is -2.44. The fraction of sp³-hybridized carbons (Fsp3) is 0.238. The molecule has 3 aromatic heterocycles. The van der Waals surface area contributed by atoms with Crippen LogP contribution in [-0.2, 0) is 19.3 Å². The van der Waals surface area contributed by atoms with Crippen LogP contribution < -0.4 is 5.56 Å². The lowest BCUT2D eigenvalue weighted by molar-refractivity contribution is -0.137. The highest BCUT2D eigenvalue weighted by atomic mass is 19.4. The van der Waals surface area contributed by atoms with E-state index in [0.717, 1.165) is 17.8 Å². The molecule has 164 valence electrons. The Labute approximate surface area is 178 Å². The zero-order valence-electron chi connectivity index (χ0n) is 16.8. The van der Waals surface area contributed by atoms with Crippen molar-refractivity contribution in [1.82, 2.24) is 24.2 Å². The highest BCUT2D eigenvalue weighted by Gasteiger charge is 2.32. The predicted octanol–water partition coefficient (Wildman–Crippen LogP) is 3.16. The molecule has 0 aliphatic carbocycles. The molecule has 0 N–H and O–H groups in total. The second kappa shape index (κ2) is 7.08. The molecule has 8 nitrogen and oxygen atoms in total. The van der Waals surface area contributed by atoms with Crippen molar-refractivity contribution < 1.29 is 22.5 Å². The fourth-order valence-electron chi connectivity index (χ4n) is 3.82. The molecule has 0 saturated carbocycles. The number of aromatic nitrogens is 4. The maximum atomic E-state index is 13.1. The third-order valence-corrected chi connectivity index (χ3v) is 5.46. The number of carbonyl (C=O) groups excluding carboxylic acids is 1. The summed E-state index contributed by atoms with van der Waals surface area (Å²) in [5.41, 5.74) is 0.606. The molecule has 0 fully saturated rings. The van der Waals surface area contributed by atoms with Crippen molar-refractivity contribution in [2.45, 2.75) is 26.2 Å². The molecule has 0 bridgehead atoms. The van der Waals surface area contributed by atoms with Gasteiger partial charge in [-0.3, -0.25) is 9.59 Å². The van der Waals surface area contributed by atoms with E-state index in [1.807, 2.05) is 0 Å². The van der Waals surface area contributed by atoms with Gasteiger partial charge in [0, 0.05) is 24.7 Å². The third kappa shape index (κ3) is 3.26. The number of carbonyl (C=O) groups is 1. The number of halogens is 3. The van der Waals surface area contributed by atoms with E-state index in [2.05, 4.69) is 10.1 Å². The molecule has 5 rings (SSSR count). The lowest BCUT2D eigenvalue weighted by Gasteiger charge is -2.29. The molecule has 0 spiro atoms. The topological polar surface area (TPSA) is 86.2 Å². The Hall–Kier alpha value is -3.89. The van der Waals surface area contributed by atoms with E-state index < -0.39 is 17.6 Å². The summed E-state index contributed by atoms with van der Waals surface area (Å²) in [6, 6.07) is 6.21. The van der Waals surface area contributed by atoms with Crippen LogP contribution >= 0.6 is 0 Å². The summed E-state index contributed by atoms with van der Waals surface area (Å²) in [7, 11) is 0. The average Bonchev–Trinajstić information content (AvgIpc) is 3.36. The molecule has 0 unspecified atom stereocenters. The molecule has 4 aromatic rings. The summed E-state index contributed by atoms with van der Waals surface area (Å²) in [6.45, 7) is 2.21. The van der Waals surface area contributed by atoms with E-state index in [4.69, 9.17) is 4.52 Å². The van der Waals surface area contributed by atoms with Gasteiger partial charge in [-0.2, -0.15) is 13.2 Å². The van der Waals surface area contributed by atoms with Crippen molar-refractivity contribution in [2.24, 2.45) is 0 Å². The zero-order valence-corrected chi connectivity index (χ0v) is 16.8. The molecule has 0 atom stereocenters. The van der Waals surface area contributed by atoms with Crippen LogP contribution in [0.3, 0.4) is 0 Å². The smallest absolute Gasteiger partial charge is 0.356 e. The van der Waals surface area contributed by atoms with Gasteiger partial charge in [0.1, 0.15) is 17.1 Å². The Bertz CT molecular complexity index is 1420. The Morgan fingerprint density at radius 1 is 1.12 bits per heavy atom. The van der Waals surface area contributed by atoms with Gasteiger partial charge in [0.05, 0.1) is 24.1 Å². The standard InChI is InChI=1S/C21H16F3N5O3/c1-12-9-28(11-25-12)16-3-4-17-19(30)27(6-7-29(17)20(16)31)10-15-14-8-13(21(22,23)24)2-5-18(14)32-26-15/h2-5,8-9,11H,6-7,10H2,1H3. The van der Waals surface area contributed by atoms with Gasteiger partial charge in [-0.05, 0) is 37.3 Å². The Morgan fingerprint density at radius 2 is 1.94 bits per heavy atom. The second-order valence-corrected chi connectivity index (χ2v) is 7.55. The largest absolute Gasteiger partial charge is 0.416 e. The molecule has 32 heavy (non-hydrogen) atoms. The highest BCUT2D eigenvalue weighted by molar-refractivity contribution is 5.93. The van der Waals surface area contributed by atoms with Gasteiger partial charge in [0.25, 0.3) is 11.5 Å². The van der Waals surface area contributed by atoms with Gasteiger partial charge < -0.3 is 18.6 Å². The SMILES string of the molecule is Cc1cn(-c2ccc3n(c2=O)CCN(Cc2noc4ccc(C(F)(F)F)cc24)C3=O)cn1. The summed E-state index contributed by atoms with van der Waals surface area (Å²) in [5, 5.41) is 4.06. The van der Waals surface area contributed by atoms with Crippen molar-refractivity contribution in [2.75, 3.05) is 6.54 Å². The minimum atomic E-state index is -4.50. The molecule has 1 amide bonds. The van der Waals surface area contributed by atoms with Crippen molar-refractivity contribution in [3.05, 3.63) is 75.9 Å². The van der Waals surface area contributed by atoms with Crippen molar-refractivity contribution >= 4 is 16.9 Å². The first-order chi connectivity index (χ1) is 15.2. The van der Waals surface area contributed by atoms with Gasteiger partial charge in [-0.1, -0.05) is 5.16 Å². The number of nitrogens with zero attached hydrogens (tertiary/aromatic N) is 5. The molecule has 0 radical (unpaired) electrons. The summed E-state index contributed by atoms with van der Waals surface area (Å²) in [4.78, 5) is 31.5. The summed E-state index contributed by atoms with van der Waals surface area (Å²) >= 11 is 0. The van der Waals surface area contributed by atoms with Gasteiger partial charge in [0.2, 0.25) is 0 Å². The number of rotatable bonds is 3. The van der Waals surface area contributed by atoms with Crippen LogP contribution in [0.4, 0.5) is 13.2 Å². The Balaban J connectivity index is 1.46. The van der Waals surface area contributed by atoms with E-state index in [9.17, 15) is 22.8 Å². The van der Waals surface area contributed by atoms with Crippen molar-refractivity contribution in [1.29, 1.82) is 0 Å². The molecule has 1 aliphatic heterocycles. The first-order valence-corrected chi connectivity index (χ1v) is 9.72. The minimum Gasteiger partial charge on any atom is -0.356 e. The average molecular weight is 443 g/mol. The number of amides is 1. The van der Waals surface area contributed by atoms with Crippen molar-refractivity contribution in [3.63, 3.8) is 0 Å². The van der Waals surface area contributed by atoms with E-state index >= 15 is 0 Å². The number of hydrogen-bond acceptors (Lipinski definition) is 5. The first kappa shape index (κ1) is 20.0. The number of benzene rings is 1. The van der Waals surface area contributed by atoms with Crippen LogP contribution in [0.1, 0.15) is 27.4 Å². The highest BCUT2D eigenvalue weighted by Crippen LogP contribution is 2.32. The molecule has 4 heterocycles. The predicted molar refractivity (Wildman–Crippen MR) is 106 cm³/mol. The van der Waals surface area contributed by atoms with E-state index in [1.165, 1.54) is 21.9 Å². The molecular formula is C21H16F3N5O3. The Kier molecular flexibility index (Phi) is 4.43. The monoisotopic (exact) mass is 443 g/mol. The lowest BCUT2D eigenvalue weighted by atomic mass is 10.1. The van der Waals surface area contributed by atoms with Gasteiger partial charge in [-0.25, -0.2) is 4.98 Å².